The van der Waals surface area contributed by atoms with Gasteiger partial charge in [0.1, 0.15) is 0 Å². The smallest absolute Gasteiger partial charge is 0.338 e. The van der Waals surface area contributed by atoms with Crippen LogP contribution in [0.4, 0.5) is 4.79 Å². The zero-order valence-electron chi connectivity index (χ0n) is 15.6. The van der Waals surface area contributed by atoms with Crippen molar-refractivity contribution >= 4 is 23.6 Å². The third-order valence-electron chi connectivity index (χ3n) is 4.97. The Balaban J connectivity index is 1.96. The van der Waals surface area contributed by atoms with Gasteiger partial charge in [0.05, 0.1) is 18.7 Å². The Kier molecular flexibility index (Phi) is 6.36. The van der Waals surface area contributed by atoms with E-state index in [4.69, 9.17) is 16.3 Å². The summed E-state index contributed by atoms with van der Waals surface area (Å²) in [5.41, 5.74) is 1.63. The van der Waals surface area contributed by atoms with Crippen LogP contribution in [0.1, 0.15) is 18.0 Å². The van der Waals surface area contributed by atoms with E-state index in [0.29, 0.717) is 28.4 Å². The monoisotopic (exact) mass is 392 g/mol. The molecule has 0 aromatic heterocycles. The molecule has 1 atom stereocenters. The molecule has 2 amide bonds. The molecular weight excluding hydrogens is 368 g/mol. The van der Waals surface area contributed by atoms with Gasteiger partial charge in [0.2, 0.25) is 0 Å². The fourth-order valence-electron chi connectivity index (χ4n) is 3.52. The molecule has 2 heterocycles. The number of nitrogens with zero attached hydrogens (tertiary/aromatic N) is 2. The highest BCUT2D eigenvalue weighted by molar-refractivity contribution is 6.31. The Bertz CT molecular complexity index is 752. The Morgan fingerprint density at radius 1 is 1.26 bits per heavy atom. The van der Waals surface area contributed by atoms with Gasteiger partial charge in [-0.15, -0.1) is 0 Å². The van der Waals surface area contributed by atoms with Crippen molar-refractivity contribution in [2.24, 2.45) is 0 Å². The summed E-state index contributed by atoms with van der Waals surface area (Å²) in [5, 5.41) is 6.10. The average molecular weight is 393 g/mol. The second-order valence-corrected chi connectivity index (χ2v) is 7.28. The predicted octanol–water partition coefficient (Wildman–Crippen LogP) is 1.76. The van der Waals surface area contributed by atoms with Crippen LogP contribution in [0.2, 0.25) is 5.02 Å². The fraction of sp³-hybridized carbons (Fsp3) is 0.474. The predicted molar refractivity (Wildman–Crippen MR) is 103 cm³/mol. The second kappa shape index (κ2) is 8.73. The molecule has 0 unspecified atom stereocenters. The Morgan fingerprint density at radius 2 is 2.04 bits per heavy atom. The lowest BCUT2D eigenvalue weighted by Crippen LogP contribution is -2.48. The molecule has 3 rings (SSSR count). The summed E-state index contributed by atoms with van der Waals surface area (Å²) in [7, 11) is 3.44. The van der Waals surface area contributed by atoms with Crippen LogP contribution in [0.25, 0.3) is 0 Å². The molecule has 0 spiro atoms. The maximum Gasteiger partial charge on any atom is 0.338 e. The van der Waals surface area contributed by atoms with Crippen molar-refractivity contribution in [3.63, 3.8) is 0 Å². The lowest BCUT2D eigenvalue weighted by atomic mass is 9.95. The highest BCUT2D eigenvalue weighted by Gasteiger charge is 2.35. The molecule has 0 aliphatic carbocycles. The molecular formula is C19H25ClN4O3. The van der Waals surface area contributed by atoms with Crippen LogP contribution < -0.4 is 10.6 Å². The number of carbonyl (C=O) groups excluding carboxylic acids is 2. The summed E-state index contributed by atoms with van der Waals surface area (Å²) in [6.45, 7) is 4.24. The number of hydrogen-bond donors (Lipinski definition) is 2. The van der Waals surface area contributed by atoms with Crippen LogP contribution in [0.3, 0.4) is 0 Å². The number of amides is 2. The van der Waals surface area contributed by atoms with Crippen LogP contribution in [0, 0.1) is 0 Å². The maximum atomic E-state index is 12.6. The number of methoxy groups -OCH3 is 1. The summed E-state index contributed by atoms with van der Waals surface area (Å²) >= 11 is 6.33. The molecule has 0 radical (unpaired) electrons. The summed E-state index contributed by atoms with van der Waals surface area (Å²) in [4.78, 5) is 29.4. The quantitative estimate of drug-likeness (QED) is 0.764. The second-order valence-electron chi connectivity index (χ2n) is 6.87. The van der Waals surface area contributed by atoms with E-state index < -0.39 is 12.0 Å². The molecule has 1 aromatic carbocycles. The highest BCUT2D eigenvalue weighted by Crippen LogP contribution is 2.32. The minimum atomic E-state index is -0.649. The SMILES string of the molecule is COC(=O)C1=C(CN2CCCN(C)CC2)NC(=O)N[C@H]1c1ccccc1Cl. The van der Waals surface area contributed by atoms with Crippen molar-refractivity contribution in [1.82, 2.24) is 20.4 Å². The van der Waals surface area contributed by atoms with Gasteiger partial charge in [-0.3, -0.25) is 4.90 Å². The van der Waals surface area contributed by atoms with E-state index in [1.54, 1.807) is 12.1 Å². The van der Waals surface area contributed by atoms with E-state index in [0.717, 1.165) is 32.6 Å². The zero-order valence-corrected chi connectivity index (χ0v) is 16.4. The first-order valence-corrected chi connectivity index (χ1v) is 9.41. The summed E-state index contributed by atoms with van der Waals surface area (Å²) in [6.07, 6.45) is 1.04. The minimum Gasteiger partial charge on any atom is -0.466 e. The van der Waals surface area contributed by atoms with E-state index in [2.05, 4.69) is 27.5 Å². The minimum absolute atomic E-state index is 0.352. The maximum absolute atomic E-state index is 12.6. The van der Waals surface area contributed by atoms with Gasteiger partial charge in [-0.25, -0.2) is 9.59 Å². The molecule has 1 saturated heterocycles. The number of carbonyl (C=O) groups is 2. The number of hydrogen-bond acceptors (Lipinski definition) is 5. The van der Waals surface area contributed by atoms with Gasteiger partial charge in [-0.05, 0) is 38.2 Å². The number of benzene rings is 1. The number of halogens is 1. The van der Waals surface area contributed by atoms with Crippen molar-refractivity contribution in [3.05, 3.63) is 46.1 Å². The van der Waals surface area contributed by atoms with Crippen LogP contribution in [0.15, 0.2) is 35.5 Å². The van der Waals surface area contributed by atoms with E-state index in [1.807, 2.05) is 12.1 Å². The normalized spacial score (nSPS) is 22.0. The van der Waals surface area contributed by atoms with E-state index >= 15 is 0 Å². The van der Waals surface area contributed by atoms with Gasteiger partial charge in [0.15, 0.2) is 0 Å². The molecule has 146 valence electrons. The highest BCUT2D eigenvalue weighted by atomic mass is 35.5. The van der Waals surface area contributed by atoms with Crippen LogP contribution in [-0.2, 0) is 9.53 Å². The molecule has 0 saturated carbocycles. The molecule has 0 bridgehead atoms. The molecule has 8 heteroatoms. The lowest BCUT2D eigenvalue weighted by Gasteiger charge is -2.32. The molecule has 2 N–H and O–H groups in total. The topological polar surface area (TPSA) is 73.9 Å². The number of nitrogens with one attached hydrogen (secondary N) is 2. The fourth-order valence-corrected chi connectivity index (χ4v) is 3.76. The van der Waals surface area contributed by atoms with E-state index in [9.17, 15) is 9.59 Å². The standard InChI is InChI=1S/C19H25ClN4O3/c1-23-8-5-9-24(11-10-23)12-15-16(18(25)27-2)17(22-19(26)21-15)13-6-3-4-7-14(13)20/h3-4,6-7,17H,5,8-12H2,1-2H3,(H2,21,22,26)/t17-/m0/s1. The van der Waals surface area contributed by atoms with Gasteiger partial charge >= 0.3 is 12.0 Å². The van der Waals surface area contributed by atoms with Crippen molar-refractivity contribution in [3.8, 4) is 0 Å². The summed E-state index contributed by atoms with van der Waals surface area (Å²) < 4.78 is 5.02. The first kappa shape index (κ1) is 19.7. The number of urea groups is 1. The molecule has 1 fully saturated rings. The number of ether oxygens (including phenoxy) is 1. The number of esters is 1. The van der Waals surface area contributed by atoms with E-state index in [-0.39, 0.29) is 6.03 Å². The molecule has 2 aliphatic heterocycles. The van der Waals surface area contributed by atoms with Gasteiger partial charge < -0.3 is 20.3 Å². The lowest BCUT2D eigenvalue weighted by molar-refractivity contribution is -0.136. The van der Waals surface area contributed by atoms with Crippen LogP contribution >= 0.6 is 11.6 Å². The van der Waals surface area contributed by atoms with Gasteiger partial charge in [0, 0.05) is 30.4 Å². The Hall–Kier alpha value is -2.09. The Labute approximate surface area is 164 Å². The molecule has 27 heavy (non-hydrogen) atoms. The van der Waals surface area contributed by atoms with Gasteiger partial charge in [-0.1, -0.05) is 29.8 Å². The third kappa shape index (κ3) is 4.61. The summed E-state index contributed by atoms with van der Waals surface area (Å²) in [5.74, 6) is -0.477. The first-order valence-electron chi connectivity index (χ1n) is 9.03. The average Bonchev–Trinajstić information content (AvgIpc) is 2.85. The van der Waals surface area contributed by atoms with Crippen molar-refractivity contribution in [2.45, 2.75) is 12.5 Å². The first-order chi connectivity index (χ1) is 13.0. The van der Waals surface area contributed by atoms with Gasteiger partial charge in [-0.2, -0.15) is 0 Å². The van der Waals surface area contributed by atoms with Crippen molar-refractivity contribution in [1.29, 1.82) is 0 Å². The van der Waals surface area contributed by atoms with Crippen LogP contribution in [0.5, 0.6) is 0 Å². The molecule has 1 aromatic rings. The Morgan fingerprint density at radius 3 is 2.78 bits per heavy atom. The van der Waals surface area contributed by atoms with Gasteiger partial charge in [0.25, 0.3) is 0 Å². The molecule has 2 aliphatic rings. The number of rotatable bonds is 4. The van der Waals surface area contributed by atoms with E-state index in [1.165, 1.54) is 7.11 Å². The largest absolute Gasteiger partial charge is 0.466 e. The number of likely N-dealkylation sites (N-methyl/N-ethyl adjacent to an activating group) is 1. The van der Waals surface area contributed by atoms with Crippen molar-refractivity contribution < 1.29 is 14.3 Å². The van der Waals surface area contributed by atoms with Crippen LogP contribution in [-0.4, -0.2) is 68.7 Å². The zero-order chi connectivity index (χ0) is 19.4. The third-order valence-corrected chi connectivity index (χ3v) is 5.31. The molecule has 7 nitrogen and oxygen atoms in total. The van der Waals surface area contributed by atoms with Crippen molar-refractivity contribution in [2.75, 3.05) is 46.9 Å². The summed E-state index contributed by atoms with van der Waals surface area (Å²) in [6, 6.07) is 6.18.